The highest BCUT2D eigenvalue weighted by Crippen LogP contribution is 2.30. The number of anilines is 1. The van der Waals surface area contributed by atoms with Crippen LogP contribution in [0.5, 0.6) is 0 Å². The second-order valence-corrected chi connectivity index (χ2v) is 12.3. The van der Waals surface area contributed by atoms with Crippen LogP contribution >= 0.6 is 34.8 Å². The average Bonchev–Trinajstić information content (AvgIpc) is 2.92. The van der Waals surface area contributed by atoms with E-state index < -0.39 is 28.5 Å². The Morgan fingerprint density at radius 1 is 0.900 bits per heavy atom. The summed E-state index contributed by atoms with van der Waals surface area (Å²) in [6.07, 6.45) is 2.00. The summed E-state index contributed by atoms with van der Waals surface area (Å²) in [4.78, 5) is 28.6. The molecule has 7 nitrogen and oxygen atoms in total. The number of sulfonamides is 1. The van der Waals surface area contributed by atoms with Crippen molar-refractivity contribution in [1.82, 2.24) is 10.2 Å². The molecule has 0 aliphatic rings. The van der Waals surface area contributed by atoms with Crippen LogP contribution in [0, 0.1) is 0 Å². The Hall–Kier alpha value is -2.78. The van der Waals surface area contributed by atoms with Crippen molar-refractivity contribution in [3.8, 4) is 0 Å². The maximum atomic E-state index is 14.1. The standard InChI is InChI=1S/C29H32Cl3N3O4S/c1-3-5-15-33-29(37)27(4-2)34(19-21-11-9-10-14-26(21)32)28(36)20-35(24-17-22(30)16-23(31)18-24)40(38,39)25-12-7-6-8-13-25/h6-14,16-18,27H,3-5,15,19-20H2,1-2H3,(H,33,37). The molecule has 0 heterocycles. The minimum Gasteiger partial charge on any atom is -0.354 e. The largest absolute Gasteiger partial charge is 0.354 e. The molecule has 0 saturated heterocycles. The molecular formula is C29H32Cl3N3O4S. The maximum absolute atomic E-state index is 14.1. The van der Waals surface area contributed by atoms with Gasteiger partial charge in [0.1, 0.15) is 12.6 Å². The lowest BCUT2D eigenvalue weighted by Gasteiger charge is -2.33. The molecule has 40 heavy (non-hydrogen) atoms. The maximum Gasteiger partial charge on any atom is 0.264 e. The van der Waals surface area contributed by atoms with Gasteiger partial charge in [0, 0.05) is 28.2 Å². The third kappa shape index (κ3) is 8.13. The number of nitrogens with zero attached hydrogens (tertiary/aromatic N) is 2. The average molecular weight is 625 g/mol. The molecule has 0 saturated carbocycles. The lowest BCUT2D eigenvalue weighted by atomic mass is 10.1. The first-order valence-electron chi connectivity index (χ1n) is 12.9. The van der Waals surface area contributed by atoms with Gasteiger partial charge in [-0.25, -0.2) is 8.42 Å². The van der Waals surface area contributed by atoms with Crippen LogP contribution in [0.15, 0.2) is 77.7 Å². The Morgan fingerprint density at radius 3 is 2.12 bits per heavy atom. The van der Waals surface area contributed by atoms with Gasteiger partial charge in [0.15, 0.2) is 0 Å². The van der Waals surface area contributed by atoms with Crippen molar-refractivity contribution in [3.05, 3.63) is 93.4 Å². The lowest BCUT2D eigenvalue weighted by molar-refractivity contribution is -0.140. The van der Waals surface area contributed by atoms with Crippen molar-refractivity contribution in [2.75, 3.05) is 17.4 Å². The van der Waals surface area contributed by atoms with E-state index in [4.69, 9.17) is 34.8 Å². The van der Waals surface area contributed by atoms with Gasteiger partial charge in [0.2, 0.25) is 11.8 Å². The molecule has 3 aromatic rings. The van der Waals surface area contributed by atoms with E-state index >= 15 is 0 Å². The quantitative estimate of drug-likeness (QED) is 0.218. The molecule has 214 valence electrons. The molecule has 3 rings (SSSR count). The normalized spacial score (nSPS) is 12.0. The zero-order valence-electron chi connectivity index (χ0n) is 22.3. The predicted octanol–water partition coefficient (Wildman–Crippen LogP) is 6.57. The fraction of sp³-hybridized carbons (Fsp3) is 0.310. The molecule has 11 heteroatoms. The van der Waals surface area contributed by atoms with E-state index in [9.17, 15) is 18.0 Å². The van der Waals surface area contributed by atoms with Gasteiger partial charge in [-0.05, 0) is 54.8 Å². The van der Waals surface area contributed by atoms with Crippen LogP contribution in [0.4, 0.5) is 5.69 Å². The summed E-state index contributed by atoms with van der Waals surface area (Å²) in [7, 11) is -4.23. The minimum absolute atomic E-state index is 0.00768. The van der Waals surface area contributed by atoms with Crippen LogP contribution in [0.25, 0.3) is 0 Å². The number of hydrogen-bond acceptors (Lipinski definition) is 4. The number of unbranched alkanes of at least 4 members (excludes halogenated alkanes) is 1. The second kappa shape index (κ2) is 14.7. The van der Waals surface area contributed by atoms with Gasteiger partial charge in [-0.3, -0.25) is 13.9 Å². The highest BCUT2D eigenvalue weighted by atomic mass is 35.5. The monoisotopic (exact) mass is 623 g/mol. The summed E-state index contributed by atoms with van der Waals surface area (Å²) < 4.78 is 28.6. The van der Waals surface area contributed by atoms with Gasteiger partial charge < -0.3 is 10.2 Å². The highest BCUT2D eigenvalue weighted by molar-refractivity contribution is 7.92. The number of amides is 2. The first kappa shape index (κ1) is 31.7. The van der Waals surface area contributed by atoms with Crippen molar-refractivity contribution < 1.29 is 18.0 Å². The minimum atomic E-state index is -4.23. The SMILES string of the molecule is CCCCNC(=O)C(CC)N(Cc1ccccc1Cl)C(=O)CN(c1cc(Cl)cc(Cl)c1)S(=O)(=O)c1ccccc1. The summed E-state index contributed by atoms with van der Waals surface area (Å²) >= 11 is 18.9. The molecule has 3 aromatic carbocycles. The van der Waals surface area contributed by atoms with Gasteiger partial charge in [0.05, 0.1) is 10.6 Å². The van der Waals surface area contributed by atoms with Crippen molar-refractivity contribution in [1.29, 1.82) is 0 Å². The summed E-state index contributed by atoms with van der Waals surface area (Å²) in [6, 6.07) is 18.2. The van der Waals surface area contributed by atoms with E-state index in [1.165, 1.54) is 35.2 Å². The molecule has 0 radical (unpaired) electrons. The van der Waals surface area contributed by atoms with Crippen molar-refractivity contribution in [2.24, 2.45) is 0 Å². The smallest absolute Gasteiger partial charge is 0.264 e. The number of rotatable bonds is 13. The van der Waals surface area contributed by atoms with Gasteiger partial charge >= 0.3 is 0 Å². The fourth-order valence-corrected chi connectivity index (χ4v) is 6.30. The molecule has 0 fully saturated rings. The zero-order valence-corrected chi connectivity index (χ0v) is 25.4. The van der Waals surface area contributed by atoms with Crippen molar-refractivity contribution in [2.45, 2.75) is 50.6 Å². The summed E-state index contributed by atoms with van der Waals surface area (Å²) in [5, 5.41) is 3.73. The van der Waals surface area contributed by atoms with Crippen LogP contribution in [-0.2, 0) is 26.2 Å². The van der Waals surface area contributed by atoms with Crippen LogP contribution in [0.3, 0.4) is 0 Å². The molecule has 1 N–H and O–H groups in total. The molecule has 1 unspecified atom stereocenters. The van der Waals surface area contributed by atoms with Gasteiger partial charge in [-0.1, -0.05) is 91.5 Å². The fourth-order valence-electron chi connectivity index (χ4n) is 4.17. The predicted molar refractivity (Wildman–Crippen MR) is 161 cm³/mol. The van der Waals surface area contributed by atoms with Gasteiger partial charge in [-0.15, -0.1) is 0 Å². The molecule has 1 atom stereocenters. The molecular weight excluding hydrogens is 593 g/mol. The molecule has 0 aromatic heterocycles. The Kier molecular flexibility index (Phi) is 11.7. The third-order valence-electron chi connectivity index (χ3n) is 6.26. The van der Waals surface area contributed by atoms with E-state index in [0.717, 1.165) is 17.1 Å². The van der Waals surface area contributed by atoms with Crippen molar-refractivity contribution >= 4 is 62.3 Å². The first-order valence-corrected chi connectivity index (χ1v) is 15.5. The highest BCUT2D eigenvalue weighted by Gasteiger charge is 2.34. The Labute approximate surface area is 251 Å². The summed E-state index contributed by atoms with van der Waals surface area (Å²) in [6.45, 7) is 3.69. The summed E-state index contributed by atoms with van der Waals surface area (Å²) in [5.41, 5.74) is 0.744. The number of halogens is 3. The van der Waals surface area contributed by atoms with E-state index in [2.05, 4.69) is 5.32 Å². The van der Waals surface area contributed by atoms with Crippen LogP contribution < -0.4 is 9.62 Å². The zero-order chi connectivity index (χ0) is 29.3. The van der Waals surface area contributed by atoms with Crippen LogP contribution in [0.1, 0.15) is 38.7 Å². The first-order chi connectivity index (χ1) is 19.1. The number of benzene rings is 3. The van der Waals surface area contributed by atoms with E-state index in [1.54, 1.807) is 49.4 Å². The van der Waals surface area contributed by atoms with Crippen molar-refractivity contribution in [3.63, 3.8) is 0 Å². The molecule has 0 aliphatic heterocycles. The lowest BCUT2D eigenvalue weighted by Crippen LogP contribution is -2.52. The molecule has 0 spiro atoms. The van der Waals surface area contributed by atoms with Crippen LogP contribution in [-0.4, -0.2) is 44.3 Å². The Bertz CT molecular complexity index is 1400. The number of nitrogens with one attached hydrogen (secondary N) is 1. The Balaban J connectivity index is 2.07. The number of carbonyl (C=O) groups excluding carboxylic acids is 2. The number of carbonyl (C=O) groups is 2. The van der Waals surface area contributed by atoms with E-state index in [-0.39, 0.29) is 33.1 Å². The number of hydrogen-bond donors (Lipinski definition) is 1. The second-order valence-electron chi connectivity index (χ2n) is 9.13. The van der Waals surface area contributed by atoms with Crippen LogP contribution in [0.2, 0.25) is 15.1 Å². The third-order valence-corrected chi connectivity index (χ3v) is 8.85. The molecule has 2 amide bonds. The molecule has 0 aliphatic carbocycles. The van der Waals surface area contributed by atoms with E-state index in [0.29, 0.717) is 23.6 Å². The topological polar surface area (TPSA) is 86.8 Å². The molecule has 0 bridgehead atoms. The van der Waals surface area contributed by atoms with Gasteiger partial charge in [-0.2, -0.15) is 0 Å². The summed E-state index contributed by atoms with van der Waals surface area (Å²) in [5.74, 6) is -0.910. The van der Waals surface area contributed by atoms with E-state index in [1.807, 2.05) is 6.92 Å². The Morgan fingerprint density at radius 2 is 1.52 bits per heavy atom. The van der Waals surface area contributed by atoms with Gasteiger partial charge in [0.25, 0.3) is 10.0 Å².